The minimum absolute atomic E-state index is 0.119. The number of aromatic nitrogens is 4. The van der Waals surface area contributed by atoms with Gasteiger partial charge < -0.3 is 35.2 Å². The van der Waals surface area contributed by atoms with Crippen LogP contribution in [-0.2, 0) is 31.6 Å². The molecule has 0 amide bonds. The van der Waals surface area contributed by atoms with E-state index in [-0.39, 0.29) is 17.1 Å². The van der Waals surface area contributed by atoms with Crippen LogP contribution in [0.5, 0.6) is 0 Å². The lowest BCUT2D eigenvalue weighted by Crippen LogP contribution is -2.43. The molecule has 0 spiro atoms. The number of nitrogens with zero attached hydrogens (tertiary/aromatic N) is 4. The van der Waals surface area contributed by atoms with Crippen molar-refractivity contribution < 1.29 is 56.3 Å². The fraction of sp³-hybridized carbons (Fsp3) is 0.462. The Kier molecular flexibility index (Phi) is 7.34. The molecule has 0 saturated carbocycles. The van der Waals surface area contributed by atoms with Crippen molar-refractivity contribution in [3.8, 4) is 12.3 Å². The number of anilines is 1. The molecule has 1 saturated heterocycles. The Hall–Kier alpha value is -1.47. The summed E-state index contributed by atoms with van der Waals surface area (Å²) in [5.41, 5.74) is 5.99. The molecule has 7 atom stereocenters. The Balaban J connectivity index is 1.85. The number of terminal acetylenes is 1. The van der Waals surface area contributed by atoms with E-state index in [0.717, 1.165) is 6.92 Å². The van der Waals surface area contributed by atoms with E-state index in [2.05, 4.69) is 29.5 Å². The van der Waals surface area contributed by atoms with Crippen LogP contribution in [0.2, 0.25) is 0 Å². The van der Waals surface area contributed by atoms with Crippen molar-refractivity contribution in [3.63, 3.8) is 0 Å². The van der Waals surface area contributed by atoms with Crippen molar-refractivity contribution in [2.24, 2.45) is 0 Å². The van der Waals surface area contributed by atoms with E-state index in [1.165, 1.54) is 17.1 Å². The molecule has 3 unspecified atom stereocenters. The van der Waals surface area contributed by atoms with Crippen LogP contribution in [0.1, 0.15) is 13.2 Å². The number of nitrogen functional groups attached to an aromatic ring is 1. The smallest absolute Gasteiger partial charge is 0.387 e. The third-order valence-electron chi connectivity index (χ3n) is 4.37. The van der Waals surface area contributed by atoms with E-state index in [4.69, 9.17) is 42.8 Å². The highest BCUT2D eigenvalue weighted by Gasteiger charge is 2.58. The van der Waals surface area contributed by atoms with Crippen LogP contribution in [0.4, 0.5) is 5.95 Å². The SMILES string of the molecule is C#CC1(Cl)[C@@H](O)[C@@H]([C@H](C)OP(=O)(O)OP(=O)(O)OP(=O)(O)O)O[C@H]1n1cnc2cnc(N)nc21. The van der Waals surface area contributed by atoms with E-state index in [0.29, 0.717) is 0 Å². The van der Waals surface area contributed by atoms with Gasteiger partial charge >= 0.3 is 23.5 Å². The number of halogens is 1. The standard InChI is InChI=1S/C13H17ClN5O12P3/c1-3-13(14)9(20)8(6(2)29-33(24,25)31-34(26,27)30-32(21,22)23)28-11(13)19-5-17-7-4-16-12(15)18-10(7)19/h1,4-6,8-9,11,20H,2H3,(H,24,25)(H,26,27)(H2,15,16,18)(H2,21,22,23)/t6-,8+,9-,11+,13?/m0/s1. The fourth-order valence-electron chi connectivity index (χ4n) is 3.08. The van der Waals surface area contributed by atoms with E-state index in [1.54, 1.807) is 0 Å². The molecule has 3 heterocycles. The summed E-state index contributed by atoms with van der Waals surface area (Å²) in [4.78, 5) is 46.1. The zero-order valence-corrected chi connectivity index (χ0v) is 20.2. The van der Waals surface area contributed by atoms with Crippen LogP contribution in [-0.4, -0.2) is 67.4 Å². The van der Waals surface area contributed by atoms with Gasteiger partial charge in [0.2, 0.25) is 5.95 Å². The molecule has 0 aromatic carbocycles. The second kappa shape index (κ2) is 9.20. The van der Waals surface area contributed by atoms with Crippen molar-refractivity contribution >= 4 is 52.2 Å². The second-order valence-corrected chi connectivity index (χ2v) is 11.8. The number of hydrogen-bond acceptors (Lipinski definition) is 12. The minimum atomic E-state index is -5.76. The van der Waals surface area contributed by atoms with E-state index >= 15 is 0 Å². The number of ether oxygens (including phenoxy) is 1. The highest BCUT2D eigenvalue weighted by molar-refractivity contribution is 7.66. The van der Waals surface area contributed by atoms with Crippen LogP contribution in [0.25, 0.3) is 11.2 Å². The van der Waals surface area contributed by atoms with Gasteiger partial charge in [0.25, 0.3) is 0 Å². The number of nitrogens with two attached hydrogens (primary N) is 1. The number of aliphatic hydroxyl groups is 1. The molecule has 1 fully saturated rings. The second-order valence-electron chi connectivity index (χ2n) is 6.80. The van der Waals surface area contributed by atoms with Gasteiger partial charge in [-0.15, -0.1) is 6.42 Å². The Morgan fingerprint density at radius 3 is 2.50 bits per heavy atom. The van der Waals surface area contributed by atoms with Crippen molar-refractivity contribution in [3.05, 3.63) is 12.5 Å². The predicted octanol–water partition coefficient (Wildman–Crippen LogP) is 0.00940. The summed E-state index contributed by atoms with van der Waals surface area (Å²) in [6.07, 6.45) is 1.77. The molecule has 2 aromatic rings. The molecular weight excluding hydrogens is 547 g/mol. The third kappa shape index (κ3) is 5.67. The number of imidazole rings is 1. The van der Waals surface area contributed by atoms with Gasteiger partial charge in [-0.2, -0.15) is 13.6 Å². The minimum Gasteiger partial charge on any atom is -0.387 e. The zero-order chi connectivity index (χ0) is 25.7. The normalized spacial score (nSPS) is 29.9. The highest BCUT2D eigenvalue weighted by Crippen LogP contribution is 2.66. The summed E-state index contributed by atoms with van der Waals surface area (Å²) in [5, 5.41) is 10.7. The fourth-order valence-corrected chi connectivity index (χ4v) is 6.56. The average molecular weight is 564 g/mol. The van der Waals surface area contributed by atoms with Gasteiger partial charge in [0.1, 0.15) is 17.7 Å². The van der Waals surface area contributed by atoms with E-state index in [1.807, 2.05) is 0 Å². The van der Waals surface area contributed by atoms with Crippen LogP contribution >= 0.6 is 35.1 Å². The molecule has 0 aliphatic carbocycles. The van der Waals surface area contributed by atoms with Gasteiger partial charge in [-0.05, 0) is 6.92 Å². The van der Waals surface area contributed by atoms with Crippen LogP contribution in [0.15, 0.2) is 12.5 Å². The Bertz CT molecular complexity index is 1280. The summed E-state index contributed by atoms with van der Waals surface area (Å²) in [7, 11) is -16.9. The Morgan fingerprint density at radius 2 is 1.91 bits per heavy atom. The maximum Gasteiger partial charge on any atom is 0.490 e. The highest BCUT2D eigenvalue weighted by atomic mass is 35.5. The van der Waals surface area contributed by atoms with Gasteiger partial charge in [0, 0.05) is 0 Å². The van der Waals surface area contributed by atoms with Gasteiger partial charge in [-0.25, -0.2) is 23.7 Å². The number of rotatable bonds is 8. The first-order valence-electron chi connectivity index (χ1n) is 8.75. The lowest BCUT2D eigenvalue weighted by Gasteiger charge is -2.26. The summed E-state index contributed by atoms with van der Waals surface area (Å²) in [6, 6.07) is 0. The molecule has 7 N–H and O–H groups in total. The number of alkyl halides is 1. The quantitative estimate of drug-likeness (QED) is 0.140. The molecule has 1 aliphatic heterocycles. The largest absolute Gasteiger partial charge is 0.490 e. The summed E-state index contributed by atoms with van der Waals surface area (Å²) < 4.78 is 53.3. The maximum atomic E-state index is 12.1. The molecule has 1 aliphatic rings. The predicted molar refractivity (Wildman–Crippen MR) is 111 cm³/mol. The van der Waals surface area contributed by atoms with Gasteiger partial charge in [0.05, 0.1) is 18.6 Å². The number of fused-ring (bicyclic) bond motifs is 1. The Morgan fingerprint density at radius 1 is 1.26 bits per heavy atom. The number of hydrogen-bond donors (Lipinski definition) is 6. The molecule has 0 radical (unpaired) electrons. The topological polar surface area (TPSA) is 259 Å². The lowest BCUT2D eigenvalue weighted by atomic mass is 9.97. The zero-order valence-electron chi connectivity index (χ0n) is 16.7. The summed E-state index contributed by atoms with van der Waals surface area (Å²) >= 11 is 6.45. The molecule has 17 nitrogen and oxygen atoms in total. The first kappa shape index (κ1) is 27.1. The molecular formula is C13H17ClN5O12P3. The summed E-state index contributed by atoms with van der Waals surface area (Å²) in [5.74, 6) is 2.06. The maximum absolute atomic E-state index is 12.1. The molecule has 188 valence electrons. The van der Waals surface area contributed by atoms with Crippen molar-refractivity contribution in [1.29, 1.82) is 0 Å². The molecule has 3 rings (SSSR count). The first-order valence-corrected chi connectivity index (χ1v) is 13.7. The van der Waals surface area contributed by atoms with Crippen molar-refractivity contribution in [2.45, 2.75) is 36.3 Å². The van der Waals surface area contributed by atoms with Crippen LogP contribution < -0.4 is 5.73 Å². The van der Waals surface area contributed by atoms with E-state index < -0.39 is 52.9 Å². The third-order valence-corrected chi connectivity index (χ3v) is 8.82. The van der Waals surface area contributed by atoms with Gasteiger partial charge in [0.15, 0.2) is 16.7 Å². The number of phosphoric acid groups is 3. The average Bonchev–Trinajstić information content (AvgIpc) is 3.17. The monoisotopic (exact) mass is 563 g/mol. The number of phosphoric ester groups is 1. The Labute approximate surface area is 195 Å². The van der Waals surface area contributed by atoms with Crippen LogP contribution in [0, 0.1) is 12.3 Å². The van der Waals surface area contributed by atoms with Gasteiger partial charge in [-0.1, -0.05) is 17.5 Å². The van der Waals surface area contributed by atoms with Crippen LogP contribution in [0.3, 0.4) is 0 Å². The molecule has 2 aromatic heterocycles. The first-order chi connectivity index (χ1) is 15.5. The number of aliphatic hydroxyl groups excluding tert-OH is 1. The van der Waals surface area contributed by atoms with Crippen molar-refractivity contribution in [1.82, 2.24) is 19.5 Å². The van der Waals surface area contributed by atoms with E-state index in [9.17, 15) is 28.6 Å². The molecule has 34 heavy (non-hydrogen) atoms. The van der Waals surface area contributed by atoms with Crippen molar-refractivity contribution in [2.75, 3.05) is 5.73 Å². The van der Waals surface area contributed by atoms with Gasteiger partial charge in [-0.3, -0.25) is 9.09 Å². The summed E-state index contributed by atoms with van der Waals surface area (Å²) in [6.45, 7) is 1.09. The molecule has 21 heteroatoms. The molecule has 0 bridgehead atoms. The lowest BCUT2D eigenvalue weighted by molar-refractivity contribution is -0.0728.